The van der Waals surface area contributed by atoms with E-state index in [0.717, 1.165) is 16.9 Å². The van der Waals surface area contributed by atoms with Crippen molar-refractivity contribution in [3.05, 3.63) is 64.5 Å². The molecule has 0 fully saturated rings. The van der Waals surface area contributed by atoms with Crippen LogP contribution < -0.4 is 10.2 Å². The zero-order chi connectivity index (χ0) is 27.3. The fourth-order valence-corrected chi connectivity index (χ4v) is 4.16. The van der Waals surface area contributed by atoms with E-state index in [1.807, 2.05) is 0 Å². The van der Waals surface area contributed by atoms with Crippen molar-refractivity contribution >= 4 is 11.4 Å². The molecule has 4 rings (SSSR count). The molecule has 1 aromatic heterocycles. The van der Waals surface area contributed by atoms with Gasteiger partial charge in [-0.15, -0.1) is 10.2 Å². The fourth-order valence-electron chi connectivity index (χ4n) is 4.16. The molecule has 0 saturated heterocycles. The molecule has 6 nitrogen and oxygen atoms in total. The lowest BCUT2D eigenvalue weighted by Crippen LogP contribution is -2.44. The summed E-state index contributed by atoms with van der Waals surface area (Å²) in [6.45, 7) is 1.71. The molecule has 0 bridgehead atoms. The van der Waals surface area contributed by atoms with Crippen LogP contribution >= 0.6 is 0 Å². The SMILES string of the molecule is CCC1CN([C@H](c2cc(C(F)(F)F)cc(C(F)(F)F)c2)c2nnn(C)n2)c2cc(C(F)(F)F)ccc2N1. The molecular weight excluding hydrogens is 519 g/mol. The number of anilines is 2. The molecular formula is C22H19F9N6. The Morgan fingerprint density at radius 3 is 1.97 bits per heavy atom. The van der Waals surface area contributed by atoms with E-state index in [9.17, 15) is 39.5 Å². The van der Waals surface area contributed by atoms with Crippen LogP contribution in [0.25, 0.3) is 0 Å². The van der Waals surface area contributed by atoms with Crippen molar-refractivity contribution < 1.29 is 39.5 Å². The minimum Gasteiger partial charge on any atom is -0.379 e. The van der Waals surface area contributed by atoms with Gasteiger partial charge in [-0.05, 0) is 53.6 Å². The third-order valence-corrected chi connectivity index (χ3v) is 5.91. The Bertz CT molecular complexity index is 1250. The second kappa shape index (κ2) is 9.10. The summed E-state index contributed by atoms with van der Waals surface area (Å²) >= 11 is 0. The first-order chi connectivity index (χ1) is 17.1. The number of nitrogens with zero attached hydrogens (tertiary/aromatic N) is 5. The summed E-state index contributed by atoms with van der Waals surface area (Å²) in [5.41, 5.74) is -4.55. The zero-order valence-corrected chi connectivity index (χ0v) is 19.2. The molecule has 0 amide bonds. The zero-order valence-electron chi connectivity index (χ0n) is 19.2. The van der Waals surface area contributed by atoms with Crippen LogP contribution in [-0.2, 0) is 25.6 Å². The van der Waals surface area contributed by atoms with Crippen LogP contribution in [0.1, 0.15) is 47.5 Å². The number of tetrazole rings is 1. The molecule has 1 aliphatic rings. The number of hydrogen-bond donors (Lipinski definition) is 1. The molecule has 2 atom stereocenters. The highest BCUT2D eigenvalue weighted by Crippen LogP contribution is 2.44. The van der Waals surface area contributed by atoms with Crippen LogP contribution in [0.5, 0.6) is 0 Å². The van der Waals surface area contributed by atoms with Crippen LogP contribution in [0.15, 0.2) is 36.4 Å². The summed E-state index contributed by atoms with van der Waals surface area (Å²) in [6, 6.07) is 1.90. The second-order valence-electron chi connectivity index (χ2n) is 8.51. The highest BCUT2D eigenvalue weighted by Gasteiger charge is 2.41. The van der Waals surface area contributed by atoms with Crippen molar-refractivity contribution in [2.45, 2.75) is 44.0 Å². The Morgan fingerprint density at radius 1 is 0.892 bits per heavy atom. The molecule has 0 aliphatic carbocycles. The van der Waals surface area contributed by atoms with E-state index < -0.39 is 52.9 Å². The van der Waals surface area contributed by atoms with E-state index >= 15 is 0 Å². The molecule has 1 aliphatic heterocycles. The Balaban J connectivity index is 1.99. The summed E-state index contributed by atoms with van der Waals surface area (Å²) in [7, 11) is 1.34. The Morgan fingerprint density at radius 2 is 1.49 bits per heavy atom. The van der Waals surface area contributed by atoms with Crippen molar-refractivity contribution in [1.29, 1.82) is 0 Å². The smallest absolute Gasteiger partial charge is 0.379 e. The molecule has 15 heteroatoms. The molecule has 0 spiro atoms. The lowest BCUT2D eigenvalue weighted by Gasteiger charge is -2.41. The first-order valence-electron chi connectivity index (χ1n) is 10.9. The summed E-state index contributed by atoms with van der Waals surface area (Å²) in [5.74, 6) is -0.282. The number of hydrogen-bond acceptors (Lipinski definition) is 5. The van der Waals surface area contributed by atoms with Gasteiger partial charge in [0.15, 0.2) is 0 Å². The van der Waals surface area contributed by atoms with E-state index in [2.05, 4.69) is 20.7 Å². The first kappa shape index (κ1) is 26.5. The summed E-state index contributed by atoms with van der Waals surface area (Å²) in [5, 5.41) is 14.5. The van der Waals surface area contributed by atoms with Gasteiger partial charge in [0.25, 0.3) is 0 Å². The average molecular weight is 538 g/mol. The second-order valence-corrected chi connectivity index (χ2v) is 8.51. The lowest BCUT2D eigenvalue weighted by atomic mass is 9.95. The maximum atomic E-state index is 13.6. The predicted molar refractivity (Wildman–Crippen MR) is 114 cm³/mol. The topological polar surface area (TPSA) is 58.9 Å². The molecule has 1 unspecified atom stereocenters. The number of aryl methyl sites for hydroxylation is 1. The van der Waals surface area contributed by atoms with Crippen LogP contribution in [0.2, 0.25) is 0 Å². The molecule has 2 heterocycles. The molecule has 3 aromatic rings. The van der Waals surface area contributed by atoms with E-state index in [0.29, 0.717) is 18.6 Å². The highest BCUT2D eigenvalue weighted by molar-refractivity contribution is 5.75. The molecule has 1 N–H and O–H groups in total. The predicted octanol–water partition coefficient (Wildman–Crippen LogP) is 6.07. The van der Waals surface area contributed by atoms with Crippen molar-refractivity contribution in [2.75, 3.05) is 16.8 Å². The van der Waals surface area contributed by atoms with Crippen molar-refractivity contribution in [2.24, 2.45) is 7.05 Å². The fraction of sp³-hybridized carbons (Fsp3) is 0.409. The van der Waals surface area contributed by atoms with Gasteiger partial charge >= 0.3 is 18.5 Å². The largest absolute Gasteiger partial charge is 0.416 e. The van der Waals surface area contributed by atoms with Gasteiger partial charge in [-0.25, -0.2) is 0 Å². The summed E-state index contributed by atoms with van der Waals surface area (Å²) < 4.78 is 122. The van der Waals surface area contributed by atoms with Crippen molar-refractivity contribution in [3.63, 3.8) is 0 Å². The van der Waals surface area contributed by atoms with E-state index in [1.54, 1.807) is 6.92 Å². The first-order valence-corrected chi connectivity index (χ1v) is 10.9. The van der Waals surface area contributed by atoms with Crippen LogP contribution in [0, 0.1) is 0 Å². The molecule has 0 radical (unpaired) electrons. The molecule has 37 heavy (non-hydrogen) atoms. The van der Waals surface area contributed by atoms with E-state index in [1.165, 1.54) is 18.0 Å². The van der Waals surface area contributed by atoms with Crippen LogP contribution in [-0.4, -0.2) is 32.8 Å². The third kappa shape index (κ3) is 5.44. The van der Waals surface area contributed by atoms with Crippen molar-refractivity contribution in [1.82, 2.24) is 20.2 Å². The van der Waals surface area contributed by atoms with Gasteiger partial charge in [0.2, 0.25) is 5.82 Å². The van der Waals surface area contributed by atoms with Gasteiger partial charge in [0, 0.05) is 12.6 Å². The number of benzene rings is 2. The number of nitrogens with one attached hydrogen (secondary N) is 1. The van der Waals surface area contributed by atoms with Crippen LogP contribution in [0.4, 0.5) is 50.9 Å². The maximum Gasteiger partial charge on any atom is 0.416 e. The number of halogens is 9. The normalized spacial score (nSPS) is 17.4. The molecule has 2 aromatic carbocycles. The maximum absolute atomic E-state index is 13.6. The molecule has 200 valence electrons. The third-order valence-electron chi connectivity index (χ3n) is 5.91. The Kier molecular flexibility index (Phi) is 6.53. The number of rotatable bonds is 4. The Labute approximate surface area is 204 Å². The van der Waals surface area contributed by atoms with Gasteiger partial charge in [-0.3, -0.25) is 0 Å². The summed E-state index contributed by atoms with van der Waals surface area (Å²) in [4.78, 5) is 2.23. The molecule has 0 saturated carbocycles. The van der Waals surface area contributed by atoms with E-state index in [-0.39, 0.29) is 29.8 Å². The number of aromatic nitrogens is 4. The van der Waals surface area contributed by atoms with Crippen molar-refractivity contribution in [3.8, 4) is 0 Å². The minimum absolute atomic E-state index is 0.0209. The monoisotopic (exact) mass is 538 g/mol. The van der Waals surface area contributed by atoms with Crippen LogP contribution in [0.3, 0.4) is 0 Å². The van der Waals surface area contributed by atoms with Gasteiger partial charge in [-0.2, -0.15) is 44.3 Å². The quantitative estimate of drug-likeness (QED) is 0.409. The summed E-state index contributed by atoms with van der Waals surface area (Å²) in [6.07, 6.45) is -14.6. The van der Waals surface area contributed by atoms with Gasteiger partial charge in [0.05, 0.1) is 35.1 Å². The van der Waals surface area contributed by atoms with Gasteiger partial charge < -0.3 is 10.2 Å². The standard InChI is InChI=1S/C22H19F9N6/c1-3-15-10-37(17-9-12(20(23,24)25)4-5-16(17)32-15)18(19-33-35-36(2)34-19)11-6-13(21(26,27)28)8-14(7-11)22(29,30)31/h4-9,15,18,32H,3,10H2,1-2H3/t15?,18-/m1/s1. The Hall–Kier alpha value is -3.52. The van der Waals surface area contributed by atoms with Gasteiger partial charge in [0.1, 0.15) is 6.04 Å². The number of alkyl halides is 9. The lowest BCUT2D eigenvalue weighted by molar-refractivity contribution is -0.143. The minimum atomic E-state index is -5.13. The average Bonchev–Trinajstić information content (AvgIpc) is 3.22. The number of fused-ring (bicyclic) bond motifs is 1. The highest BCUT2D eigenvalue weighted by atomic mass is 19.4. The van der Waals surface area contributed by atoms with Gasteiger partial charge in [-0.1, -0.05) is 6.92 Å². The van der Waals surface area contributed by atoms with E-state index in [4.69, 9.17) is 0 Å².